The Hall–Kier alpha value is -2.23. The van der Waals surface area contributed by atoms with Crippen molar-refractivity contribution in [3.63, 3.8) is 0 Å². The summed E-state index contributed by atoms with van der Waals surface area (Å²) in [5.41, 5.74) is 1.96. The zero-order valence-electron chi connectivity index (χ0n) is 12.6. The lowest BCUT2D eigenvalue weighted by Crippen LogP contribution is -2.05. The minimum absolute atomic E-state index is 0.126. The van der Waals surface area contributed by atoms with Crippen LogP contribution in [0.15, 0.2) is 24.3 Å². The number of rotatable bonds is 5. The van der Waals surface area contributed by atoms with Gasteiger partial charge in [0, 0.05) is 7.11 Å². The Labute approximate surface area is 133 Å². The Morgan fingerprint density at radius 3 is 2.95 bits per heavy atom. The molecule has 0 unspecified atom stereocenters. The van der Waals surface area contributed by atoms with E-state index in [1.54, 1.807) is 32.2 Å². The van der Waals surface area contributed by atoms with Gasteiger partial charge in [0.25, 0.3) is 0 Å². The molecular formula is C16H16N2O3S. The van der Waals surface area contributed by atoms with Crippen LogP contribution in [0.1, 0.15) is 44.5 Å². The second-order valence-corrected chi connectivity index (χ2v) is 5.76. The zero-order chi connectivity index (χ0) is 16.1. The molecule has 0 radical (unpaired) electrons. The van der Waals surface area contributed by atoms with Crippen molar-refractivity contribution in [3.05, 3.63) is 51.0 Å². The zero-order valence-corrected chi connectivity index (χ0v) is 13.4. The van der Waals surface area contributed by atoms with Crippen molar-refractivity contribution >= 4 is 17.3 Å². The number of hydrogen-bond acceptors (Lipinski definition) is 6. The van der Waals surface area contributed by atoms with E-state index in [1.807, 2.05) is 13.0 Å². The van der Waals surface area contributed by atoms with E-state index in [1.165, 1.54) is 11.3 Å². The lowest BCUT2D eigenvalue weighted by molar-refractivity contribution is 0.0477. The summed E-state index contributed by atoms with van der Waals surface area (Å²) in [6, 6.07) is 9.03. The van der Waals surface area contributed by atoms with Gasteiger partial charge in [-0.05, 0) is 31.5 Å². The van der Waals surface area contributed by atoms with Gasteiger partial charge in [0.1, 0.15) is 22.6 Å². The Kier molecular flexibility index (Phi) is 5.26. The summed E-state index contributed by atoms with van der Waals surface area (Å²) in [4.78, 5) is 17.0. The van der Waals surface area contributed by atoms with Crippen LogP contribution in [0.2, 0.25) is 0 Å². The lowest BCUT2D eigenvalue weighted by atomic mass is 10.1. The van der Waals surface area contributed by atoms with Crippen LogP contribution >= 0.6 is 11.3 Å². The Morgan fingerprint density at radius 1 is 1.50 bits per heavy atom. The molecule has 2 aromatic rings. The van der Waals surface area contributed by atoms with E-state index >= 15 is 0 Å². The largest absolute Gasteiger partial charge is 0.457 e. The van der Waals surface area contributed by atoms with Crippen LogP contribution in [0, 0.1) is 18.3 Å². The Balaban J connectivity index is 2.06. The molecule has 1 aromatic carbocycles. The van der Waals surface area contributed by atoms with Crippen molar-refractivity contribution in [2.45, 2.75) is 26.6 Å². The summed E-state index contributed by atoms with van der Waals surface area (Å²) in [6.45, 7) is 3.77. The molecule has 0 aliphatic heterocycles. The first-order valence-electron chi connectivity index (χ1n) is 6.71. The fraction of sp³-hybridized carbons (Fsp3) is 0.312. The number of aromatic nitrogens is 1. The normalized spacial score (nSPS) is 11.7. The molecule has 114 valence electrons. The maximum Gasteiger partial charge on any atom is 0.350 e. The first-order chi connectivity index (χ1) is 10.5. The predicted molar refractivity (Wildman–Crippen MR) is 82.6 cm³/mol. The summed E-state index contributed by atoms with van der Waals surface area (Å²) in [5.74, 6) is -0.410. The van der Waals surface area contributed by atoms with Crippen LogP contribution in [-0.4, -0.2) is 18.1 Å². The fourth-order valence-corrected chi connectivity index (χ4v) is 2.82. The van der Waals surface area contributed by atoms with Crippen LogP contribution < -0.4 is 0 Å². The molecule has 0 aliphatic carbocycles. The van der Waals surface area contributed by atoms with E-state index in [0.717, 1.165) is 10.6 Å². The summed E-state index contributed by atoms with van der Waals surface area (Å²) < 4.78 is 10.5. The second kappa shape index (κ2) is 7.16. The number of carbonyl (C=O) groups is 1. The van der Waals surface area contributed by atoms with E-state index in [4.69, 9.17) is 14.7 Å². The average molecular weight is 316 g/mol. The minimum atomic E-state index is -0.410. The van der Waals surface area contributed by atoms with E-state index in [9.17, 15) is 4.79 Å². The van der Waals surface area contributed by atoms with Gasteiger partial charge in [-0.2, -0.15) is 5.26 Å². The van der Waals surface area contributed by atoms with Crippen molar-refractivity contribution in [3.8, 4) is 6.07 Å². The third-order valence-corrected chi connectivity index (χ3v) is 4.42. The molecule has 0 fully saturated rings. The van der Waals surface area contributed by atoms with E-state index in [-0.39, 0.29) is 12.7 Å². The number of aryl methyl sites for hydroxylation is 1. The molecule has 2 rings (SSSR count). The highest BCUT2D eigenvalue weighted by atomic mass is 32.1. The topological polar surface area (TPSA) is 72.2 Å². The number of esters is 1. The maximum atomic E-state index is 12.2. The number of nitrogens with zero attached hydrogens (tertiary/aromatic N) is 2. The van der Waals surface area contributed by atoms with Gasteiger partial charge < -0.3 is 9.47 Å². The third-order valence-electron chi connectivity index (χ3n) is 3.13. The monoisotopic (exact) mass is 316 g/mol. The number of hydrogen-bond donors (Lipinski definition) is 0. The number of carbonyl (C=O) groups excluding carboxylic acids is 1. The van der Waals surface area contributed by atoms with E-state index in [2.05, 4.69) is 11.1 Å². The van der Waals surface area contributed by atoms with E-state index < -0.39 is 5.97 Å². The Morgan fingerprint density at radius 2 is 2.27 bits per heavy atom. The molecule has 0 amide bonds. The van der Waals surface area contributed by atoms with Gasteiger partial charge in [0.05, 0.1) is 17.3 Å². The fourth-order valence-electron chi connectivity index (χ4n) is 1.83. The van der Waals surface area contributed by atoms with Crippen LogP contribution in [0.5, 0.6) is 0 Å². The second-order valence-electron chi connectivity index (χ2n) is 4.73. The molecule has 1 heterocycles. The molecule has 1 aromatic heterocycles. The van der Waals surface area contributed by atoms with Gasteiger partial charge >= 0.3 is 5.97 Å². The number of nitriles is 1. The number of thiazole rings is 1. The van der Waals surface area contributed by atoms with Gasteiger partial charge in [0.2, 0.25) is 0 Å². The van der Waals surface area contributed by atoms with Gasteiger partial charge in [-0.15, -0.1) is 11.3 Å². The highest BCUT2D eigenvalue weighted by molar-refractivity contribution is 7.13. The molecule has 0 saturated carbocycles. The molecule has 0 saturated heterocycles. The number of methoxy groups -OCH3 is 1. The van der Waals surface area contributed by atoms with Crippen molar-refractivity contribution < 1.29 is 14.3 Å². The quantitative estimate of drug-likeness (QED) is 0.791. The van der Waals surface area contributed by atoms with Crippen LogP contribution in [0.3, 0.4) is 0 Å². The van der Waals surface area contributed by atoms with E-state index in [0.29, 0.717) is 16.1 Å². The van der Waals surface area contributed by atoms with Crippen LogP contribution in [0.4, 0.5) is 0 Å². The molecular weight excluding hydrogens is 300 g/mol. The Bertz CT molecular complexity index is 718. The summed E-state index contributed by atoms with van der Waals surface area (Å²) in [7, 11) is 1.60. The standard InChI is InChI=1S/C16H16N2O3S/c1-10-14(22-15(18-10)11(2)20-3)16(19)21-9-13-6-4-5-12(7-13)8-17/h4-7,11H,9H2,1-3H3/t11-/m0/s1. The maximum absolute atomic E-state index is 12.2. The van der Waals surface area contributed by atoms with Crippen molar-refractivity contribution in [2.75, 3.05) is 7.11 Å². The summed E-state index contributed by atoms with van der Waals surface area (Å²) >= 11 is 1.28. The van der Waals surface area contributed by atoms with Crippen molar-refractivity contribution in [1.82, 2.24) is 4.98 Å². The van der Waals surface area contributed by atoms with Crippen LogP contribution in [-0.2, 0) is 16.1 Å². The molecule has 0 spiro atoms. The van der Waals surface area contributed by atoms with Crippen molar-refractivity contribution in [1.29, 1.82) is 5.26 Å². The molecule has 6 heteroatoms. The summed E-state index contributed by atoms with van der Waals surface area (Å²) in [6.07, 6.45) is -0.155. The molecule has 22 heavy (non-hydrogen) atoms. The molecule has 1 atom stereocenters. The van der Waals surface area contributed by atoms with Gasteiger partial charge in [-0.3, -0.25) is 0 Å². The van der Waals surface area contributed by atoms with Crippen LogP contribution in [0.25, 0.3) is 0 Å². The smallest absolute Gasteiger partial charge is 0.350 e. The number of benzene rings is 1. The molecule has 0 bridgehead atoms. The first kappa shape index (κ1) is 16.1. The molecule has 5 nitrogen and oxygen atoms in total. The van der Waals surface area contributed by atoms with Gasteiger partial charge in [-0.1, -0.05) is 12.1 Å². The van der Waals surface area contributed by atoms with Gasteiger partial charge in [0.15, 0.2) is 0 Å². The predicted octanol–water partition coefficient (Wildman–Crippen LogP) is 3.39. The molecule has 0 N–H and O–H groups in total. The number of ether oxygens (including phenoxy) is 2. The average Bonchev–Trinajstić information content (AvgIpc) is 2.94. The van der Waals surface area contributed by atoms with Gasteiger partial charge in [-0.25, -0.2) is 9.78 Å². The van der Waals surface area contributed by atoms with Crippen molar-refractivity contribution in [2.24, 2.45) is 0 Å². The molecule has 0 aliphatic rings. The SMILES string of the molecule is CO[C@@H](C)c1nc(C)c(C(=O)OCc2cccc(C#N)c2)s1. The lowest BCUT2D eigenvalue weighted by Gasteiger charge is -2.04. The highest BCUT2D eigenvalue weighted by Gasteiger charge is 2.19. The minimum Gasteiger partial charge on any atom is -0.457 e. The summed E-state index contributed by atoms with van der Waals surface area (Å²) in [5, 5.41) is 9.60. The third kappa shape index (κ3) is 3.70. The first-order valence-corrected chi connectivity index (χ1v) is 7.53. The highest BCUT2D eigenvalue weighted by Crippen LogP contribution is 2.26.